The fourth-order valence-electron chi connectivity index (χ4n) is 2.54. The zero-order valence-corrected chi connectivity index (χ0v) is 14.0. The van der Waals surface area contributed by atoms with E-state index in [-0.39, 0.29) is 0 Å². The molecular formula is C16H35N3O. The molecule has 1 N–H and O–H groups in total. The maximum Gasteiger partial charge on any atom is 0.0714 e. The van der Waals surface area contributed by atoms with Crippen molar-refractivity contribution in [1.82, 2.24) is 15.1 Å². The number of likely N-dealkylation sites (N-methyl/N-ethyl adjacent to an activating group) is 1. The molecule has 0 unspecified atom stereocenters. The molecule has 20 heavy (non-hydrogen) atoms. The minimum atomic E-state index is 0.413. The van der Waals surface area contributed by atoms with Gasteiger partial charge in [0.1, 0.15) is 0 Å². The van der Waals surface area contributed by atoms with E-state index in [1.807, 2.05) is 0 Å². The van der Waals surface area contributed by atoms with E-state index >= 15 is 0 Å². The molecule has 0 saturated carbocycles. The molecule has 1 rings (SSSR count). The third-order valence-electron chi connectivity index (χ3n) is 3.93. The molecule has 1 aliphatic heterocycles. The number of nitrogens with one attached hydrogen (secondary N) is 1. The smallest absolute Gasteiger partial charge is 0.0714 e. The highest BCUT2D eigenvalue weighted by atomic mass is 16.5. The molecule has 4 nitrogen and oxygen atoms in total. The van der Waals surface area contributed by atoms with Crippen molar-refractivity contribution >= 4 is 0 Å². The van der Waals surface area contributed by atoms with E-state index in [0.29, 0.717) is 12.1 Å². The molecule has 0 aromatic carbocycles. The summed E-state index contributed by atoms with van der Waals surface area (Å²) in [6.45, 7) is 14.4. The first-order valence-corrected chi connectivity index (χ1v) is 8.37. The number of nitrogens with zero attached hydrogens (tertiary/aromatic N) is 2. The van der Waals surface area contributed by atoms with Gasteiger partial charge in [-0.1, -0.05) is 27.2 Å². The number of hydrogen-bond donors (Lipinski definition) is 1. The van der Waals surface area contributed by atoms with Crippen molar-refractivity contribution in [2.75, 3.05) is 52.9 Å². The molecule has 0 amide bonds. The molecular weight excluding hydrogens is 250 g/mol. The molecule has 1 fully saturated rings. The van der Waals surface area contributed by atoms with E-state index in [1.54, 1.807) is 0 Å². The minimum Gasteiger partial charge on any atom is -0.376 e. The van der Waals surface area contributed by atoms with Crippen molar-refractivity contribution in [2.24, 2.45) is 0 Å². The number of unbranched alkanes of at least 4 members (excludes halogenated alkanes) is 1. The predicted molar refractivity (Wildman–Crippen MR) is 86.3 cm³/mol. The number of ether oxygens (including phenoxy) is 1. The lowest BCUT2D eigenvalue weighted by Gasteiger charge is -2.34. The first-order chi connectivity index (χ1) is 9.61. The third kappa shape index (κ3) is 8.20. The van der Waals surface area contributed by atoms with Crippen LogP contribution in [0.15, 0.2) is 0 Å². The summed E-state index contributed by atoms with van der Waals surface area (Å²) in [7, 11) is 2.24. The molecule has 0 aromatic heterocycles. The number of hydrogen-bond acceptors (Lipinski definition) is 4. The van der Waals surface area contributed by atoms with Crippen molar-refractivity contribution in [2.45, 2.75) is 52.2 Å². The van der Waals surface area contributed by atoms with Gasteiger partial charge in [0.05, 0.1) is 12.7 Å². The maximum absolute atomic E-state index is 5.87. The largest absolute Gasteiger partial charge is 0.376 e. The molecule has 1 aliphatic rings. The molecule has 120 valence electrons. The van der Waals surface area contributed by atoms with E-state index in [9.17, 15) is 0 Å². The molecule has 0 bridgehead atoms. The Morgan fingerprint density at radius 3 is 2.85 bits per heavy atom. The lowest BCUT2D eigenvalue weighted by molar-refractivity contribution is -0.0333. The van der Waals surface area contributed by atoms with Crippen LogP contribution in [0.25, 0.3) is 0 Å². The van der Waals surface area contributed by atoms with Crippen LogP contribution < -0.4 is 5.32 Å². The van der Waals surface area contributed by atoms with E-state index in [1.165, 1.54) is 32.5 Å². The van der Waals surface area contributed by atoms with Crippen LogP contribution in [-0.2, 0) is 4.74 Å². The highest BCUT2D eigenvalue weighted by Crippen LogP contribution is 2.08. The SMILES string of the molecule is CCCCN(C)CCN1CCO[C@@H](CCNC(C)C)C1. The van der Waals surface area contributed by atoms with Gasteiger partial charge >= 0.3 is 0 Å². The fraction of sp³-hybridized carbons (Fsp3) is 1.00. The van der Waals surface area contributed by atoms with Gasteiger partial charge < -0.3 is 15.0 Å². The zero-order valence-electron chi connectivity index (χ0n) is 14.0. The molecule has 0 aliphatic carbocycles. The van der Waals surface area contributed by atoms with E-state index in [0.717, 1.165) is 32.7 Å². The Hall–Kier alpha value is -0.160. The first-order valence-electron chi connectivity index (χ1n) is 8.37. The highest BCUT2D eigenvalue weighted by Gasteiger charge is 2.20. The van der Waals surface area contributed by atoms with Gasteiger partial charge in [-0.3, -0.25) is 4.90 Å². The second-order valence-electron chi connectivity index (χ2n) is 6.35. The van der Waals surface area contributed by atoms with Gasteiger partial charge in [0.25, 0.3) is 0 Å². The Kier molecular flexibility index (Phi) is 9.44. The average molecular weight is 285 g/mol. The normalized spacial score (nSPS) is 21.0. The Morgan fingerprint density at radius 2 is 2.15 bits per heavy atom. The second kappa shape index (κ2) is 10.6. The summed E-state index contributed by atoms with van der Waals surface area (Å²) in [6, 6.07) is 0.571. The van der Waals surface area contributed by atoms with Gasteiger partial charge in [-0.2, -0.15) is 0 Å². The first kappa shape index (κ1) is 17.9. The highest BCUT2D eigenvalue weighted by molar-refractivity contribution is 4.73. The van der Waals surface area contributed by atoms with Crippen LogP contribution in [0.2, 0.25) is 0 Å². The van der Waals surface area contributed by atoms with Crippen LogP contribution in [-0.4, -0.2) is 74.9 Å². The Labute approximate surface area is 125 Å². The van der Waals surface area contributed by atoms with Gasteiger partial charge in [0, 0.05) is 32.2 Å². The van der Waals surface area contributed by atoms with E-state index in [2.05, 4.69) is 42.9 Å². The van der Waals surface area contributed by atoms with Crippen LogP contribution in [0.1, 0.15) is 40.0 Å². The van der Waals surface area contributed by atoms with Crippen LogP contribution in [0.4, 0.5) is 0 Å². The number of morpholine rings is 1. The van der Waals surface area contributed by atoms with Gasteiger partial charge in [0.2, 0.25) is 0 Å². The topological polar surface area (TPSA) is 27.7 Å². The summed E-state index contributed by atoms with van der Waals surface area (Å²) in [5, 5.41) is 3.47. The Morgan fingerprint density at radius 1 is 1.35 bits per heavy atom. The molecule has 1 saturated heterocycles. The van der Waals surface area contributed by atoms with Crippen molar-refractivity contribution in [3.8, 4) is 0 Å². The van der Waals surface area contributed by atoms with Crippen molar-refractivity contribution in [3.63, 3.8) is 0 Å². The van der Waals surface area contributed by atoms with Crippen LogP contribution in [0.3, 0.4) is 0 Å². The fourth-order valence-corrected chi connectivity index (χ4v) is 2.54. The third-order valence-corrected chi connectivity index (χ3v) is 3.93. The average Bonchev–Trinajstić information content (AvgIpc) is 2.43. The molecule has 0 radical (unpaired) electrons. The van der Waals surface area contributed by atoms with Crippen LogP contribution >= 0.6 is 0 Å². The summed E-state index contributed by atoms with van der Waals surface area (Å²) in [5.41, 5.74) is 0. The summed E-state index contributed by atoms with van der Waals surface area (Å²) in [4.78, 5) is 5.01. The maximum atomic E-state index is 5.87. The van der Waals surface area contributed by atoms with Crippen LogP contribution in [0.5, 0.6) is 0 Å². The molecule has 0 aromatic rings. The minimum absolute atomic E-state index is 0.413. The molecule has 0 spiro atoms. The van der Waals surface area contributed by atoms with Gasteiger partial charge in [-0.15, -0.1) is 0 Å². The summed E-state index contributed by atoms with van der Waals surface area (Å²) >= 11 is 0. The Bertz CT molecular complexity index is 236. The van der Waals surface area contributed by atoms with Crippen molar-refractivity contribution < 1.29 is 4.74 Å². The summed E-state index contributed by atoms with van der Waals surface area (Å²) in [6.07, 6.45) is 4.13. The van der Waals surface area contributed by atoms with Gasteiger partial charge in [0.15, 0.2) is 0 Å². The zero-order chi connectivity index (χ0) is 14.8. The number of rotatable bonds is 10. The molecule has 1 heterocycles. The molecule has 1 atom stereocenters. The van der Waals surface area contributed by atoms with Gasteiger partial charge in [-0.25, -0.2) is 0 Å². The van der Waals surface area contributed by atoms with Crippen molar-refractivity contribution in [3.05, 3.63) is 0 Å². The Balaban J connectivity index is 2.13. The summed E-state index contributed by atoms with van der Waals surface area (Å²) < 4.78 is 5.87. The monoisotopic (exact) mass is 285 g/mol. The van der Waals surface area contributed by atoms with Gasteiger partial charge in [-0.05, 0) is 33.0 Å². The summed E-state index contributed by atoms with van der Waals surface area (Å²) in [5.74, 6) is 0. The quantitative estimate of drug-likeness (QED) is 0.662. The standard InChI is InChI=1S/C16H35N3O/c1-5-6-9-18(4)10-11-19-12-13-20-16(14-19)7-8-17-15(2)3/h15-17H,5-14H2,1-4H3/t16-/m0/s1. The lowest BCUT2D eigenvalue weighted by atomic mass is 10.2. The predicted octanol–water partition coefficient (Wildman–Crippen LogP) is 1.81. The van der Waals surface area contributed by atoms with Crippen molar-refractivity contribution in [1.29, 1.82) is 0 Å². The van der Waals surface area contributed by atoms with Crippen LogP contribution in [0, 0.1) is 0 Å². The van der Waals surface area contributed by atoms with E-state index in [4.69, 9.17) is 4.74 Å². The molecule has 4 heteroatoms. The second-order valence-corrected chi connectivity index (χ2v) is 6.35. The lowest BCUT2D eigenvalue weighted by Crippen LogP contribution is -2.46. The van der Waals surface area contributed by atoms with E-state index < -0.39 is 0 Å².